The lowest BCUT2D eigenvalue weighted by atomic mass is 10.2. The summed E-state index contributed by atoms with van der Waals surface area (Å²) in [6.45, 7) is 1.76. The fourth-order valence-electron chi connectivity index (χ4n) is 2.29. The molecule has 1 atom stereocenters. The van der Waals surface area contributed by atoms with Crippen LogP contribution in [-0.4, -0.2) is 25.3 Å². The molecule has 2 heterocycles. The standard InChI is InChI=1S/C18H13N5OS/c1-11(25-16-8-12(9-19)6-7-21-16)17(24)13(10-20)18-22-14-4-2-3-5-15(14)23-18/h2-8,11,24H,1H3,(H,22,23)/b17-13-. The highest BCUT2D eigenvalue weighted by Gasteiger charge is 2.19. The Bertz CT molecular complexity index is 1010. The van der Waals surface area contributed by atoms with Crippen LogP contribution in [0.4, 0.5) is 0 Å². The Morgan fingerprint density at radius 3 is 2.80 bits per heavy atom. The van der Waals surface area contributed by atoms with Gasteiger partial charge in [0.2, 0.25) is 0 Å². The molecule has 0 aliphatic heterocycles. The number of aromatic nitrogens is 3. The molecule has 0 aliphatic carbocycles. The predicted molar refractivity (Wildman–Crippen MR) is 95.5 cm³/mol. The maximum Gasteiger partial charge on any atom is 0.152 e. The minimum Gasteiger partial charge on any atom is -0.510 e. The Kier molecular flexibility index (Phi) is 4.69. The van der Waals surface area contributed by atoms with E-state index in [4.69, 9.17) is 5.26 Å². The van der Waals surface area contributed by atoms with Crippen LogP contribution in [0.5, 0.6) is 0 Å². The van der Waals surface area contributed by atoms with Gasteiger partial charge >= 0.3 is 0 Å². The first-order valence-electron chi connectivity index (χ1n) is 7.43. The van der Waals surface area contributed by atoms with Gasteiger partial charge in [-0.15, -0.1) is 0 Å². The largest absolute Gasteiger partial charge is 0.510 e. The highest BCUT2D eigenvalue weighted by molar-refractivity contribution is 8.00. The summed E-state index contributed by atoms with van der Waals surface area (Å²) in [7, 11) is 0. The van der Waals surface area contributed by atoms with E-state index in [2.05, 4.69) is 15.0 Å². The molecule has 0 amide bonds. The fraction of sp³-hybridized carbons (Fsp3) is 0.111. The second-order valence-electron chi connectivity index (χ2n) is 5.23. The summed E-state index contributed by atoms with van der Waals surface area (Å²) >= 11 is 1.26. The van der Waals surface area contributed by atoms with Crippen molar-refractivity contribution in [1.29, 1.82) is 10.5 Å². The number of H-pyrrole nitrogens is 1. The molecule has 0 saturated heterocycles. The first kappa shape index (κ1) is 16.6. The van der Waals surface area contributed by atoms with Crippen molar-refractivity contribution in [1.82, 2.24) is 15.0 Å². The maximum absolute atomic E-state index is 10.5. The Balaban J connectivity index is 1.92. The van der Waals surface area contributed by atoms with Gasteiger partial charge in [-0.1, -0.05) is 23.9 Å². The zero-order valence-electron chi connectivity index (χ0n) is 13.3. The van der Waals surface area contributed by atoms with E-state index < -0.39 is 5.25 Å². The number of aromatic amines is 1. The second-order valence-corrected chi connectivity index (χ2v) is 6.59. The average Bonchev–Trinajstić information content (AvgIpc) is 3.06. The fourth-order valence-corrected chi connectivity index (χ4v) is 3.19. The SMILES string of the molecule is CC(Sc1cc(C#N)ccn1)/C(O)=C(\C#N)c1nc2ccccc2[nH]1. The molecule has 0 aliphatic rings. The van der Waals surface area contributed by atoms with Crippen molar-refractivity contribution in [2.24, 2.45) is 0 Å². The van der Waals surface area contributed by atoms with Crippen molar-refractivity contribution in [2.75, 3.05) is 0 Å². The number of nitriles is 2. The molecule has 7 heteroatoms. The minimum absolute atomic E-state index is 0.0873. The minimum atomic E-state index is -0.427. The van der Waals surface area contributed by atoms with Gasteiger partial charge in [-0.3, -0.25) is 0 Å². The van der Waals surface area contributed by atoms with Crippen LogP contribution in [0, 0.1) is 22.7 Å². The normalized spacial score (nSPS) is 12.9. The highest BCUT2D eigenvalue weighted by Crippen LogP contribution is 2.29. The molecule has 2 N–H and O–H groups in total. The number of imidazole rings is 1. The molecule has 25 heavy (non-hydrogen) atoms. The molecule has 0 saturated carbocycles. The first-order chi connectivity index (χ1) is 12.1. The molecule has 3 aromatic rings. The van der Waals surface area contributed by atoms with Gasteiger partial charge in [-0.2, -0.15) is 10.5 Å². The Morgan fingerprint density at radius 2 is 2.08 bits per heavy atom. The third-order valence-corrected chi connectivity index (χ3v) is 4.58. The molecule has 0 fully saturated rings. The van der Waals surface area contributed by atoms with E-state index >= 15 is 0 Å². The summed E-state index contributed by atoms with van der Waals surface area (Å²) in [5, 5.41) is 29.1. The number of hydrogen-bond acceptors (Lipinski definition) is 6. The van der Waals surface area contributed by atoms with Crippen molar-refractivity contribution in [3.8, 4) is 12.1 Å². The number of pyridine rings is 1. The molecule has 3 rings (SSSR count). The lowest BCUT2D eigenvalue weighted by Gasteiger charge is -2.11. The Hall–Kier alpha value is -3.29. The van der Waals surface area contributed by atoms with Crippen molar-refractivity contribution in [3.05, 3.63) is 59.7 Å². The van der Waals surface area contributed by atoms with Gasteiger partial charge < -0.3 is 10.1 Å². The van der Waals surface area contributed by atoms with Crippen molar-refractivity contribution in [3.63, 3.8) is 0 Å². The highest BCUT2D eigenvalue weighted by atomic mass is 32.2. The monoisotopic (exact) mass is 347 g/mol. The summed E-state index contributed by atoms with van der Waals surface area (Å²) < 4.78 is 0. The van der Waals surface area contributed by atoms with E-state index in [9.17, 15) is 10.4 Å². The molecular formula is C18H13N5OS. The number of para-hydroxylation sites is 2. The molecule has 1 unspecified atom stereocenters. The van der Waals surface area contributed by atoms with E-state index in [-0.39, 0.29) is 11.3 Å². The number of aliphatic hydroxyl groups excluding tert-OH is 1. The molecule has 6 nitrogen and oxygen atoms in total. The van der Waals surface area contributed by atoms with Gasteiger partial charge in [-0.05, 0) is 31.2 Å². The number of fused-ring (bicyclic) bond motifs is 1. The molecule has 2 aromatic heterocycles. The van der Waals surface area contributed by atoms with E-state index in [0.717, 1.165) is 11.0 Å². The third kappa shape index (κ3) is 3.47. The molecule has 0 bridgehead atoms. The van der Waals surface area contributed by atoms with Crippen molar-refractivity contribution in [2.45, 2.75) is 17.2 Å². The van der Waals surface area contributed by atoms with Gasteiger partial charge in [0.25, 0.3) is 0 Å². The van der Waals surface area contributed by atoms with Gasteiger partial charge in [-0.25, -0.2) is 9.97 Å². The molecule has 122 valence electrons. The zero-order chi connectivity index (χ0) is 17.8. The third-order valence-electron chi connectivity index (χ3n) is 3.54. The molecular weight excluding hydrogens is 334 g/mol. The number of aliphatic hydroxyl groups is 1. The van der Waals surface area contributed by atoms with E-state index in [1.807, 2.05) is 36.4 Å². The molecule has 1 aromatic carbocycles. The summed E-state index contributed by atoms with van der Waals surface area (Å²) in [5.74, 6) is 0.239. The second kappa shape index (κ2) is 7.08. The van der Waals surface area contributed by atoms with Gasteiger partial charge in [0.05, 0.1) is 32.9 Å². The first-order valence-corrected chi connectivity index (χ1v) is 8.31. The molecule has 0 radical (unpaired) electrons. The van der Waals surface area contributed by atoms with Crippen LogP contribution < -0.4 is 0 Å². The number of rotatable bonds is 4. The van der Waals surface area contributed by atoms with E-state index in [1.54, 1.807) is 25.3 Å². The summed E-state index contributed by atoms with van der Waals surface area (Å²) in [4.78, 5) is 11.6. The van der Waals surface area contributed by atoms with Crippen LogP contribution in [0.25, 0.3) is 16.6 Å². The van der Waals surface area contributed by atoms with Gasteiger partial charge in [0.1, 0.15) is 17.4 Å². The number of allylic oxidation sites excluding steroid dienone is 1. The average molecular weight is 347 g/mol. The summed E-state index contributed by atoms with van der Waals surface area (Å²) in [6.07, 6.45) is 1.54. The Morgan fingerprint density at radius 1 is 1.28 bits per heavy atom. The zero-order valence-corrected chi connectivity index (χ0v) is 14.1. The number of nitrogens with one attached hydrogen (secondary N) is 1. The quantitative estimate of drug-likeness (QED) is 0.422. The van der Waals surface area contributed by atoms with Crippen LogP contribution in [0.1, 0.15) is 18.3 Å². The molecule has 0 spiro atoms. The van der Waals surface area contributed by atoms with Crippen LogP contribution in [0.15, 0.2) is 53.4 Å². The Labute approximate surface area is 148 Å². The lowest BCUT2D eigenvalue weighted by molar-refractivity contribution is 0.402. The summed E-state index contributed by atoms with van der Waals surface area (Å²) in [6, 6.07) is 14.7. The van der Waals surface area contributed by atoms with Crippen LogP contribution in [0.2, 0.25) is 0 Å². The number of thioether (sulfide) groups is 1. The van der Waals surface area contributed by atoms with E-state index in [1.165, 1.54) is 11.8 Å². The number of nitrogens with zero attached hydrogens (tertiary/aromatic N) is 4. The predicted octanol–water partition coefficient (Wildman–Crippen LogP) is 3.80. The van der Waals surface area contributed by atoms with Crippen LogP contribution >= 0.6 is 11.8 Å². The number of hydrogen-bond donors (Lipinski definition) is 2. The van der Waals surface area contributed by atoms with Crippen molar-refractivity contribution >= 4 is 28.4 Å². The lowest BCUT2D eigenvalue weighted by Crippen LogP contribution is -2.05. The smallest absolute Gasteiger partial charge is 0.152 e. The van der Waals surface area contributed by atoms with Gasteiger partial charge in [0, 0.05) is 6.20 Å². The van der Waals surface area contributed by atoms with Gasteiger partial charge in [0.15, 0.2) is 5.82 Å². The van der Waals surface area contributed by atoms with Crippen LogP contribution in [0.3, 0.4) is 0 Å². The topological polar surface area (TPSA) is 109 Å². The maximum atomic E-state index is 10.5. The van der Waals surface area contributed by atoms with Crippen molar-refractivity contribution < 1.29 is 5.11 Å². The number of benzene rings is 1. The van der Waals surface area contributed by atoms with E-state index in [0.29, 0.717) is 16.4 Å². The van der Waals surface area contributed by atoms with Crippen LogP contribution in [-0.2, 0) is 0 Å². The summed E-state index contributed by atoms with van der Waals surface area (Å²) in [5.41, 5.74) is 2.10.